The molecule has 0 unspecified atom stereocenters. The van der Waals surface area contributed by atoms with E-state index in [1.807, 2.05) is 31.4 Å². The summed E-state index contributed by atoms with van der Waals surface area (Å²) in [6, 6.07) is 15.5. The van der Waals surface area contributed by atoms with Crippen LogP contribution < -0.4 is 5.32 Å². The van der Waals surface area contributed by atoms with E-state index in [-0.39, 0.29) is 17.3 Å². The fourth-order valence-electron chi connectivity index (χ4n) is 3.53. The summed E-state index contributed by atoms with van der Waals surface area (Å²) in [5.41, 5.74) is 4.18. The Kier molecular flexibility index (Phi) is 7.05. The number of aromatic nitrogens is 1. The third-order valence-electron chi connectivity index (χ3n) is 5.20. The molecule has 164 valence electrons. The lowest BCUT2D eigenvalue weighted by Gasteiger charge is -2.11. The van der Waals surface area contributed by atoms with Gasteiger partial charge in [-0.25, -0.2) is 4.79 Å². The van der Waals surface area contributed by atoms with Crippen LogP contribution in [0.25, 0.3) is 0 Å². The summed E-state index contributed by atoms with van der Waals surface area (Å²) in [7, 11) is 0. The van der Waals surface area contributed by atoms with Gasteiger partial charge in [0.05, 0.1) is 11.3 Å². The normalized spacial score (nSPS) is 10.5. The van der Waals surface area contributed by atoms with Gasteiger partial charge in [0.25, 0.3) is 5.91 Å². The summed E-state index contributed by atoms with van der Waals surface area (Å²) in [6.07, 6.45) is 1.76. The van der Waals surface area contributed by atoms with E-state index in [9.17, 15) is 14.4 Å². The average Bonchev–Trinajstić information content (AvgIpc) is 3.06. The zero-order valence-electron chi connectivity index (χ0n) is 18.5. The highest BCUT2D eigenvalue weighted by molar-refractivity contribution is 6.08. The van der Waals surface area contributed by atoms with E-state index in [1.54, 1.807) is 54.6 Å². The van der Waals surface area contributed by atoms with Crippen molar-refractivity contribution in [1.29, 1.82) is 0 Å². The minimum absolute atomic E-state index is 0.179. The average molecular weight is 431 g/mol. The molecule has 0 atom stereocenters. The number of esters is 1. The highest BCUT2D eigenvalue weighted by Gasteiger charge is 2.19. The Hall–Kier alpha value is -3.93. The number of hydrogen-bond acceptors (Lipinski definition) is 4. The second-order valence-electron chi connectivity index (χ2n) is 7.55. The van der Waals surface area contributed by atoms with Crippen LogP contribution in [0.1, 0.15) is 48.0 Å². The third kappa shape index (κ3) is 5.03. The summed E-state index contributed by atoms with van der Waals surface area (Å²) in [4.78, 5) is 37.9. The number of nitrogens with zero attached hydrogens (tertiary/aromatic N) is 1. The van der Waals surface area contributed by atoms with Crippen molar-refractivity contribution in [2.45, 2.75) is 27.3 Å². The molecule has 0 aliphatic rings. The van der Waals surface area contributed by atoms with Crippen LogP contribution in [0.5, 0.6) is 0 Å². The summed E-state index contributed by atoms with van der Waals surface area (Å²) in [5.74, 6) is -1.30. The molecule has 0 saturated heterocycles. The second-order valence-corrected chi connectivity index (χ2v) is 7.55. The lowest BCUT2D eigenvalue weighted by molar-refractivity contribution is 0.0475. The third-order valence-corrected chi connectivity index (χ3v) is 5.20. The van der Waals surface area contributed by atoms with Crippen LogP contribution in [-0.2, 0) is 11.3 Å². The number of carbonyl (C=O) groups excluding carboxylic acids is 3. The zero-order chi connectivity index (χ0) is 23.3. The number of amides is 1. The number of benzene rings is 2. The highest BCUT2D eigenvalue weighted by Crippen LogP contribution is 2.19. The monoisotopic (exact) mass is 430 g/mol. The van der Waals surface area contributed by atoms with Gasteiger partial charge in [-0.15, -0.1) is 6.58 Å². The lowest BCUT2D eigenvalue weighted by atomic mass is 10.1. The molecular weight excluding hydrogens is 404 g/mol. The molecule has 1 N–H and O–H groups in total. The number of rotatable bonds is 8. The summed E-state index contributed by atoms with van der Waals surface area (Å²) in [5, 5.41) is 2.75. The molecule has 3 rings (SSSR count). The number of ether oxygens (including phenoxy) is 1. The van der Waals surface area contributed by atoms with Crippen molar-refractivity contribution in [2.24, 2.45) is 0 Å². The van der Waals surface area contributed by atoms with Crippen LogP contribution in [0.2, 0.25) is 0 Å². The van der Waals surface area contributed by atoms with Crippen molar-refractivity contribution in [2.75, 3.05) is 11.9 Å². The first-order valence-corrected chi connectivity index (χ1v) is 10.3. The molecule has 0 aliphatic carbocycles. The number of hydrogen-bond donors (Lipinski definition) is 1. The van der Waals surface area contributed by atoms with Crippen LogP contribution in [-0.4, -0.2) is 28.8 Å². The summed E-state index contributed by atoms with van der Waals surface area (Å²) >= 11 is 0. The van der Waals surface area contributed by atoms with Gasteiger partial charge < -0.3 is 14.6 Å². The summed E-state index contributed by atoms with van der Waals surface area (Å²) < 4.78 is 7.26. The maximum absolute atomic E-state index is 12.7. The Morgan fingerprint density at radius 3 is 2.47 bits per heavy atom. The molecular formula is C26H26N2O4. The van der Waals surface area contributed by atoms with Gasteiger partial charge >= 0.3 is 5.97 Å². The lowest BCUT2D eigenvalue weighted by Crippen LogP contribution is -2.18. The number of aryl methyl sites for hydroxylation is 2. The number of anilines is 1. The molecule has 0 saturated carbocycles. The van der Waals surface area contributed by atoms with E-state index in [0.29, 0.717) is 23.4 Å². The maximum Gasteiger partial charge on any atom is 0.340 e. The van der Waals surface area contributed by atoms with E-state index in [1.165, 1.54) is 0 Å². The van der Waals surface area contributed by atoms with E-state index in [4.69, 9.17) is 4.74 Å². The molecule has 0 fully saturated rings. The van der Waals surface area contributed by atoms with Crippen LogP contribution in [0.15, 0.2) is 67.3 Å². The van der Waals surface area contributed by atoms with E-state index in [2.05, 4.69) is 11.9 Å². The van der Waals surface area contributed by atoms with Crippen LogP contribution in [0, 0.1) is 20.8 Å². The summed E-state index contributed by atoms with van der Waals surface area (Å²) in [6.45, 7) is 9.59. The van der Waals surface area contributed by atoms with E-state index in [0.717, 1.165) is 17.0 Å². The molecule has 0 radical (unpaired) electrons. The van der Waals surface area contributed by atoms with Crippen LogP contribution in [0.3, 0.4) is 0 Å². The maximum atomic E-state index is 12.7. The Labute approximate surface area is 187 Å². The Morgan fingerprint density at radius 1 is 1.00 bits per heavy atom. The molecule has 3 aromatic rings. The molecule has 1 amide bonds. The Morgan fingerprint density at radius 2 is 1.75 bits per heavy atom. The van der Waals surface area contributed by atoms with Gasteiger partial charge in [-0.1, -0.05) is 35.9 Å². The van der Waals surface area contributed by atoms with Gasteiger partial charge in [-0.05, 0) is 51.1 Å². The van der Waals surface area contributed by atoms with E-state index >= 15 is 0 Å². The second kappa shape index (κ2) is 9.92. The van der Waals surface area contributed by atoms with Gasteiger partial charge in [-0.2, -0.15) is 0 Å². The number of allylic oxidation sites excluding steroid dienone is 1. The van der Waals surface area contributed by atoms with Crippen molar-refractivity contribution in [3.8, 4) is 0 Å². The number of Topliss-reactive ketones (excluding diaryl/α,β-unsaturated/α-hetero) is 1. The number of para-hydroxylation sites is 1. The van der Waals surface area contributed by atoms with Gasteiger partial charge in [0, 0.05) is 29.1 Å². The minimum Gasteiger partial charge on any atom is -0.454 e. The van der Waals surface area contributed by atoms with Gasteiger partial charge in [-0.3, -0.25) is 9.59 Å². The van der Waals surface area contributed by atoms with Crippen molar-refractivity contribution in [3.05, 3.63) is 101 Å². The fraction of sp³-hybridized carbons (Fsp3) is 0.192. The smallest absolute Gasteiger partial charge is 0.340 e. The van der Waals surface area contributed by atoms with Gasteiger partial charge in [0.15, 0.2) is 6.61 Å². The Bertz CT molecular complexity index is 1190. The first kappa shape index (κ1) is 22.7. The highest BCUT2D eigenvalue weighted by atomic mass is 16.5. The number of nitrogens with one attached hydrogen (secondary N) is 1. The van der Waals surface area contributed by atoms with Gasteiger partial charge in [0.2, 0.25) is 5.78 Å². The molecule has 6 heteroatoms. The number of carbonyl (C=O) groups is 3. The largest absolute Gasteiger partial charge is 0.454 e. The fourth-order valence-corrected chi connectivity index (χ4v) is 3.53. The SMILES string of the molecule is C=CCn1c(C)cc(C(=O)COC(=O)c2ccccc2NC(=O)c2cccc(C)c2)c1C. The van der Waals surface area contributed by atoms with Crippen LogP contribution in [0.4, 0.5) is 5.69 Å². The molecule has 0 bridgehead atoms. The molecule has 0 spiro atoms. The van der Waals surface area contributed by atoms with Gasteiger partial charge in [0.1, 0.15) is 0 Å². The molecule has 1 aromatic heterocycles. The predicted octanol–water partition coefficient (Wildman–Crippen LogP) is 4.89. The quantitative estimate of drug-likeness (QED) is 0.314. The first-order valence-electron chi connectivity index (χ1n) is 10.3. The topological polar surface area (TPSA) is 77.4 Å². The van der Waals surface area contributed by atoms with E-state index < -0.39 is 12.6 Å². The molecule has 6 nitrogen and oxygen atoms in total. The van der Waals surface area contributed by atoms with Crippen molar-refractivity contribution in [3.63, 3.8) is 0 Å². The molecule has 2 aromatic carbocycles. The standard InChI is InChI=1S/C26H26N2O4/c1-5-13-28-18(3)15-22(19(28)4)24(29)16-32-26(31)21-11-6-7-12-23(21)27-25(30)20-10-8-9-17(2)14-20/h5-12,14-15H,1,13,16H2,2-4H3,(H,27,30). The number of ketones is 1. The first-order chi connectivity index (χ1) is 15.3. The van der Waals surface area contributed by atoms with Crippen molar-refractivity contribution in [1.82, 2.24) is 4.57 Å². The zero-order valence-corrected chi connectivity index (χ0v) is 18.5. The predicted molar refractivity (Wildman–Crippen MR) is 124 cm³/mol. The van der Waals surface area contributed by atoms with Crippen LogP contribution >= 0.6 is 0 Å². The molecule has 32 heavy (non-hydrogen) atoms. The molecule has 0 aliphatic heterocycles. The Balaban J connectivity index is 1.71. The minimum atomic E-state index is -0.682. The van der Waals surface area contributed by atoms with Crippen molar-refractivity contribution >= 4 is 23.3 Å². The van der Waals surface area contributed by atoms with Crippen molar-refractivity contribution < 1.29 is 19.1 Å². The molecule has 1 heterocycles.